The van der Waals surface area contributed by atoms with E-state index in [2.05, 4.69) is 5.32 Å². The highest BCUT2D eigenvalue weighted by Gasteiger charge is 2.28. The molecule has 1 amide bonds. The number of phenols is 1. The molecule has 0 radical (unpaired) electrons. The smallest absolute Gasteiger partial charge is 0.255 e. The second-order valence-electron chi connectivity index (χ2n) is 4.61. The number of carbonyl (C=O) groups excluding carboxylic acids is 1. The van der Waals surface area contributed by atoms with Crippen molar-refractivity contribution in [3.05, 3.63) is 29.6 Å². The van der Waals surface area contributed by atoms with Crippen LogP contribution in [0.25, 0.3) is 0 Å². The summed E-state index contributed by atoms with van der Waals surface area (Å²) in [4.78, 5) is 11.9. The van der Waals surface area contributed by atoms with Crippen LogP contribution in [0.1, 0.15) is 29.6 Å². The van der Waals surface area contributed by atoms with Gasteiger partial charge in [-0.25, -0.2) is 4.39 Å². The van der Waals surface area contributed by atoms with Gasteiger partial charge in [0, 0.05) is 18.6 Å². The van der Waals surface area contributed by atoms with Crippen LogP contribution in [-0.4, -0.2) is 28.8 Å². The van der Waals surface area contributed by atoms with Crippen LogP contribution in [0.15, 0.2) is 18.2 Å². The monoisotopic (exact) mass is 253 g/mol. The van der Waals surface area contributed by atoms with Crippen molar-refractivity contribution in [3.8, 4) is 5.75 Å². The second-order valence-corrected chi connectivity index (χ2v) is 4.61. The van der Waals surface area contributed by atoms with Gasteiger partial charge in [0.2, 0.25) is 0 Å². The molecule has 1 aromatic carbocycles. The molecule has 1 aromatic rings. The molecule has 1 aliphatic carbocycles. The van der Waals surface area contributed by atoms with E-state index in [1.165, 1.54) is 0 Å². The van der Waals surface area contributed by atoms with Crippen LogP contribution in [-0.2, 0) is 0 Å². The second kappa shape index (κ2) is 5.35. The molecule has 98 valence electrons. The number of aromatic hydroxyl groups is 1. The summed E-state index contributed by atoms with van der Waals surface area (Å²) in [6.45, 7) is 0.0279. The standard InChI is InChI=1S/C13H16FNO3/c14-9-4-5-12(17)10(6-9)13(18)15-11-3-1-2-8(11)7-16/h4-6,8,11,16-17H,1-3,7H2,(H,15,18). The van der Waals surface area contributed by atoms with Crippen molar-refractivity contribution in [1.82, 2.24) is 5.32 Å². The Balaban J connectivity index is 2.09. The Kier molecular flexibility index (Phi) is 3.81. The summed E-state index contributed by atoms with van der Waals surface area (Å²) in [5.74, 6) is -1.27. The lowest BCUT2D eigenvalue weighted by molar-refractivity contribution is 0.0913. The Hall–Kier alpha value is -1.62. The average Bonchev–Trinajstić information content (AvgIpc) is 2.79. The number of aliphatic hydroxyl groups excluding tert-OH is 1. The number of phenolic OH excluding ortho intramolecular Hbond substituents is 1. The molecule has 2 rings (SSSR count). The van der Waals surface area contributed by atoms with E-state index < -0.39 is 11.7 Å². The van der Waals surface area contributed by atoms with E-state index in [-0.39, 0.29) is 29.9 Å². The lowest BCUT2D eigenvalue weighted by atomic mass is 10.0. The first kappa shape index (κ1) is 12.8. The highest BCUT2D eigenvalue weighted by atomic mass is 19.1. The maximum Gasteiger partial charge on any atom is 0.255 e. The predicted octanol–water partition coefficient (Wildman–Crippen LogP) is 1.42. The lowest BCUT2D eigenvalue weighted by Gasteiger charge is -2.19. The third-order valence-electron chi connectivity index (χ3n) is 3.41. The molecule has 0 saturated heterocycles. The Morgan fingerprint density at radius 3 is 2.94 bits per heavy atom. The molecule has 4 nitrogen and oxygen atoms in total. The van der Waals surface area contributed by atoms with Crippen molar-refractivity contribution in [2.24, 2.45) is 5.92 Å². The fourth-order valence-electron chi connectivity index (χ4n) is 2.38. The molecule has 0 aliphatic heterocycles. The average molecular weight is 253 g/mol. The van der Waals surface area contributed by atoms with E-state index in [9.17, 15) is 14.3 Å². The number of amides is 1. The van der Waals surface area contributed by atoms with Crippen molar-refractivity contribution >= 4 is 5.91 Å². The summed E-state index contributed by atoms with van der Waals surface area (Å²) < 4.78 is 13.0. The Bertz CT molecular complexity index is 450. The summed E-state index contributed by atoms with van der Waals surface area (Å²) in [5.41, 5.74) is -0.0708. The van der Waals surface area contributed by atoms with Gasteiger partial charge >= 0.3 is 0 Å². The number of halogens is 1. The minimum absolute atomic E-state index is 0.0279. The molecule has 1 saturated carbocycles. The number of benzene rings is 1. The third-order valence-corrected chi connectivity index (χ3v) is 3.41. The van der Waals surface area contributed by atoms with Crippen LogP contribution in [0.3, 0.4) is 0 Å². The van der Waals surface area contributed by atoms with Crippen LogP contribution < -0.4 is 5.32 Å². The molecular formula is C13H16FNO3. The third kappa shape index (κ3) is 2.61. The number of carbonyl (C=O) groups is 1. The zero-order valence-corrected chi connectivity index (χ0v) is 9.90. The first-order valence-electron chi connectivity index (χ1n) is 6.02. The van der Waals surface area contributed by atoms with E-state index in [0.717, 1.165) is 37.5 Å². The summed E-state index contributed by atoms with van der Waals surface area (Å²) in [7, 11) is 0. The molecule has 5 heteroatoms. The van der Waals surface area contributed by atoms with Gasteiger partial charge in [-0.15, -0.1) is 0 Å². The Labute approximate surface area is 104 Å². The van der Waals surface area contributed by atoms with Gasteiger partial charge in [0.15, 0.2) is 0 Å². The quantitative estimate of drug-likeness (QED) is 0.763. The normalized spacial score (nSPS) is 23.0. The van der Waals surface area contributed by atoms with E-state index >= 15 is 0 Å². The van der Waals surface area contributed by atoms with Gasteiger partial charge in [-0.3, -0.25) is 4.79 Å². The number of hydrogen-bond acceptors (Lipinski definition) is 3. The van der Waals surface area contributed by atoms with Crippen molar-refractivity contribution in [1.29, 1.82) is 0 Å². The summed E-state index contributed by atoms with van der Waals surface area (Å²) in [6, 6.07) is 3.15. The van der Waals surface area contributed by atoms with Crippen molar-refractivity contribution in [3.63, 3.8) is 0 Å². The van der Waals surface area contributed by atoms with Crippen LogP contribution >= 0.6 is 0 Å². The molecule has 0 heterocycles. The first-order valence-corrected chi connectivity index (χ1v) is 6.02. The highest BCUT2D eigenvalue weighted by molar-refractivity contribution is 5.97. The molecule has 2 unspecified atom stereocenters. The number of hydrogen-bond donors (Lipinski definition) is 3. The maximum absolute atomic E-state index is 13.0. The molecule has 0 spiro atoms. The molecule has 18 heavy (non-hydrogen) atoms. The van der Waals surface area contributed by atoms with Crippen molar-refractivity contribution in [2.45, 2.75) is 25.3 Å². The van der Waals surface area contributed by atoms with Gasteiger partial charge in [0.1, 0.15) is 11.6 Å². The summed E-state index contributed by atoms with van der Waals surface area (Å²) in [5, 5.41) is 21.4. The SMILES string of the molecule is O=C(NC1CCCC1CO)c1cc(F)ccc1O. The molecule has 1 fully saturated rings. The Morgan fingerprint density at radius 2 is 2.22 bits per heavy atom. The van der Waals surface area contributed by atoms with E-state index in [0.29, 0.717) is 0 Å². The van der Waals surface area contributed by atoms with E-state index in [1.807, 2.05) is 0 Å². The van der Waals surface area contributed by atoms with Crippen LogP contribution in [0, 0.1) is 11.7 Å². The zero-order chi connectivity index (χ0) is 13.1. The van der Waals surface area contributed by atoms with Gasteiger partial charge in [0.25, 0.3) is 5.91 Å². The zero-order valence-electron chi connectivity index (χ0n) is 9.90. The van der Waals surface area contributed by atoms with E-state index in [1.54, 1.807) is 0 Å². The number of nitrogens with one attached hydrogen (secondary N) is 1. The molecule has 0 aromatic heterocycles. The maximum atomic E-state index is 13.0. The molecule has 2 atom stereocenters. The molecule has 3 N–H and O–H groups in total. The Morgan fingerprint density at radius 1 is 1.44 bits per heavy atom. The number of rotatable bonds is 3. The minimum atomic E-state index is -0.567. The van der Waals surface area contributed by atoms with Gasteiger partial charge in [-0.2, -0.15) is 0 Å². The largest absolute Gasteiger partial charge is 0.507 e. The number of aliphatic hydroxyl groups is 1. The van der Waals surface area contributed by atoms with Gasteiger partial charge in [-0.05, 0) is 31.0 Å². The van der Waals surface area contributed by atoms with Crippen LogP contribution in [0.4, 0.5) is 4.39 Å². The van der Waals surface area contributed by atoms with Crippen LogP contribution in [0.2, 0.25) is 0 Å². The van der Waals surface area contributed by atoms with Crippen molar-refractivity contribution in [2.75, 3.05) is 6.61 Å². The van der Waals surface area contributed by atoms with Gasteiger partial charge in [-0.1, -0.05) is 6.42 Å². The molecule has 1 aliphatic rings. The topological polar surface area (TPSA) is 69.6 Å². The fourth-order valence-corrected chi connectivity index (χ4v) is 2.38. The van der Waals surface area contributed by atoms with E-state index in [4.69, 9.17) is 5.11 Å². The summed E-state index contributed by atoms with van der Waals surface area (Å²) >= 11 is 0. The lowest BCUT2D eigenvalue weighted by Crippen LogP contribution is -2.38. The van der Waals surface area contributed by atoms with Crippen LogP contribution in [0.5, 0.6) is 5.75 Å². The van der Waals surface area contributed by atoms with Crippen molar-refractivity contribution < 1.29 is 19.4 Å². The predicted molar refractivity (Wildman–Crippen MR) is 63.7 cm³/mol. The first-order chi connectivity index (χ1) is 8.61. The minimum Gasteiger partial charge on any atom is -0.507 e. The summed E-state index contributed by atoms with van der Waals surface area (Å²) in [6.07, 6.45) is 2.62. The van der Waals surface area contributed by atoms with Gasteiger partial charge in [0.05, 0.1) is 5.56 Å². The highest BCUT2D eigenvalue weighted by Crippen LogP contribution is 2.26. The molecule has 0 bridgehead atoms. The molecular weight excluding hydrogens is 237 g/mol. The fraction of sp³-hybridized carbons (Fsp3) is 0.462. The van der Waals surface area contributed by atoms with Gasteiger partial charge < -0.3 is 15.5 Å².